The van der Waals surface area contributed by atoms with Crippen LogP contribution in [0.25, 0.3) is 0 Å². The topological polar surface area (TPSA) is 52.6 Å². The van der Waals surface area contributed by atoms with Crippen molar-refractivity contribution in [3.8, 4) is 0 Å². The van der Waals surface area contributed by atoms with Gasteiger partial charge in [0.05, 0.1) is 17.3 Å². The highest BCUT2D eigenvalue weighted by Crippen LogP contribution is 2.32. The van der Waals surface area contributed by atoms with Crippen molar-refractivity contribution >= 4 is 17.3 Å². The highest BCUT2D eigenvalue weighted by molar-refractivity contribution is 5.71. The number of aliphatic carboxylic acids is 1. The van der Waals surface area contributed by atoms with Gasteiger partial charge in [0.25, 0.3) is 0 Å². The SMILES string of the molecule is O=C(O)C1CCC(Nc2ccccc2N2CCCCC2)CC1. The number of nitrogens with one attached hydrogen (secondary N) is 1. The number of para-hydroxylation sites is 2. The van der Waals surface area contributed by atoms with Crippen molar-refractivity contribution in [3.63, 3.8) is 0 Å². The Morgan fingerprint density at radius 1 is 1.05 bits per heavy atom. The molecule has 0 unspecified atom stereocenters. The maximum Gasteiger partial charge on any atom is 0.306 e. The first kappa shape index (κ1) is 15.2. The summed E-state index contributed by atoms with van der Waals surface area (Å²) in [7, 11) is 0. The molecule has 1 aromatic carbocycles. The second kappa shape index (κ2) is 7.03. The number of benzene rings is 1. The number of hydrogen-bond acceptors (Lipinski definition) is 3. The van der Waals surface area contributed by atoms with Crippen molar-refractivity contribution in [3.05, 3.63) is 24.3 Å². The van der Waals surface area contributed by atoms with Crippen LogP contribution in [0.4, 0.5) is 11.4 Å². The normalized spacial score (nSPS) is 25.7. The van der Waals surface area contributed by atoms with Gasteiger partial charge >= 0.3 is 5.97 Å². The monoisotopic (exact) mass is 302 g/mol. The van der Waals surface area contributed by atoms with Gasteiger partial charge in [-0.25, -0.2) is 0 Å². The summed E-state index contributed by atoms with van der Waals surface area (Å²) >= 11 is 0. The zero-order valence-electron chi connectivity index (χ0n) is 13.1. The third-order valence-electron chi connectivity index (χ3n) is 5.04. The number of anilines is 2. The van der Waals surface area contributed by atoms with E-state index >= 15 is 0 Å². The predicted octanol–water partition coefficient (Wildman–Crippen LogP) is 3.73. The van der Waals surface area contributed by atoms with Gasteiger partial charge < -0.3 is 15.3 Å². The fraction of sp³-hybridized carbons (Fsp3) is 0.611. The molecule has 0 radical (unpaired) electrons. The van der Waals surface area contributed by atoms with Gasteiger partial charge in [-0.05, 0) is 57.1 Å². The molecule has 1 saturated carbocycles. The molecular formula is C18H26N2O2. The summed E-state index contributed by atoms with van der Waals surface area (Å²) in [6.45, 7) is 2.29. The molecule has 1 aliphatic heterocycles. The van der Waals surface area contributed by atoms with Crippen molar-refractivity contribution in [1.29, 1.82) is 0 Å². The van der Waals surface area contributed by atoms with Gasteiger partial charge in [-0.15, -0.1) is 0 Å². The summed E-state index contributed by atoms with van der Waals surface area (Å²) in [6, 6.07) is 8.96. The summed E-state index contributed by atoms with van der Waals surface area (Å²) in [4.78, 5) is 13.5. The van der Waals surface area contributed by atoms with Crippen molar-refractivity contribution in [2.75, 3.05) is 23.3 Å². The molecule has 4 nitrogen and oxygen atoms in total. The second-order valence-corrected chi connectivity index (χ2v) is 6.60. The molecule has 0 bridgehead atoms. The van der Waals surface area contributed by atoms with E-state index in [1.165, 1.54) is 30.6 Å². The molecule has 2 aliphatic rings. The van der Waals surface area contributed by atoms with Gasteiger partial charge in [0, 0.05) is 19.1 Å². The summed E-state index contributed by atoms with van der Waals surface area (Å²) in [5, 5.41) is 12.8. The molecule has 1 aromatic rings. The minimum Gasteiger partial charge on any atom is -0.481 e. The Hall–Kier alpha value is -1.71. The molecule has 0 amide bonds. The fourth-order valence-corrected chi connectivity index (χ4v) is 3.71. The van der Waals surface area contributed by atoms with Crippen LogP contribution in [0.1, 0.15) is 44.9 Å². The molecule has 22 heavy (non-hydrogen) atoms. The van der Waals surface area contributed by atoms with Gasteiger partial charge in [-0.2, -0.15) is 0 Å². The Morgan fingerprint density at radius 2 is 1.73 bits per heavy atom. The lowest BCUT2D eigenvalue weighted by atomic mass is 9.86. The first-order valence-electron chi connectivity index (χ1n) is 8.57. The standard InChI is InChI=1S/C18H26N2O2/c21-18(22)14-8-10-15(11-9-14)19-16-6-2-3-7-17(16)20-12-4-1-5-13-20/h2-3,6-7,14-15,19H,1,4-5,8-13H2,(H,21,22). The lowest BCUT2D eigenvalue weighted by Crippen LogP contribution is -2.32. The van der Waals surface area contributed by atoms with E-state index < -0.39 is 5.97 Å². The molecule has 0 atom stereocenters. The van der Waals surface area contributed by atoms with E-state index in [1.54, 1.807) is 0 Å². The molecule has 1 saturated heterocycles. The summed E-state index contributed by atoms with van der Waals surface area (Å²) in [5.41, 5.74) is 2.52. The van der Waals surface area contributed by atoms with Crippen LogP contribution in [0.3, 0.4) is 0 Å². The number of carboxylic acids is 1. The van der Waals surface area contributed by atoms with Crippen molar-refractivity contribution in [2.24, 2.45) is 5.92 Å². The predicted molar refractivity (Wildman–Crippen MR) is 89.5 cm³/mol. The van der Waals surface area contributed by atoms with Gasteiger partial charge in [0.2, 0.25) is 0 Å². The molecule has 2 fully saturated rings. The Balaban J connectivity index is 1.64. The number of nitrogens with zero attached hydrogens (tertiary/aromatic N) is 1. The highest BCUT2D eigenvalue weighted by atomic mass is 16.4. The number of carbonyl (C=O) groups is 1. The molecule has 3 rings (SSSR count). The van der Waals surface area contributed by atoms with Crippen LogP contribution in [-0.2, 0) is 4.79 Å². The lowest BCUT2D eigenvalue weighted by molar-refractivity contribution is -0.142. The van der Waals surface area contributed by atoms with Crippen molar-refractivity contribution in [1.82, 2.24) is 0 Å². The van der Waals surface area contributed by atoms with Crippen LogP contribution < -0.4 is 10.2 Å². The fourth-order valence-electron chi connectivity index (χ4n) is 3.71. The molecule has 0 spiro atoms. The number of hydrogen-bond donors (Lipinski definition) is 2. The van der Waals surface area contributed by atoms with Crippen molar-refractivity contribution in [2.45, 2.75) is 51.0 Å². The zero-order valence-corrected chi connectivity index (χ0v) is 13.1. The van der Waals surface area contributed by atoms with Crippen LogP contribution in [-0.4, -0.2) is 30.2 Å². The van der Waals surface area contributed by atoms with E-state index in [2.05, 4.69) is 34.5 Å². The molecule has 1 heterocycles. The first-order valence-corrected chi connectivity index (χ1v) is 8.57. The van der Waals surface area contributed by atoms with E-state index in [1.807, 2.05) is 0 Å². The van der Waals surface area contributed by atoms with E-state index in [0.717, 1.165) is 38.8 Å². The van der Waals surface area contributed by atoms with Gasteiger partial charge in [0.15, 0.2) is 0 Å². The average Bonchev–Trinajstić information content (AvgIpc) is 2.57. The molecule has 4 heteroatoms. The largest absolute Gasteiger partial charge is 0.481 e. The maximum atomic E-state index is 11.1. The van der Waals surface area contributed by atoms with Crippen LogP contribution in [0.2, 0.25) is 0 Å². The number of piperidine rings is 1. The number of rotatable bonds is 4. The smallest absolute Gasteiger partial charge is 0.306 e. The van der Waals surface area contributed by atoms with Gasteiger partial charge in [0.1, 0.15) is 0 Å². The van der Waals surface area contributed by atoms with E-state index in [4.69, 9.17) is 5.11 Å². The maximum absolute atomic E-state index is 11.1. The highest BCUT2D eigenvalue weighted by Gasteiger charge is 2.26. The van der Waals surface area contributed by atoms with Crippen LogP contribution in [0.15, 0.2) is 24.3 Å². The molecule has 2 N–H and O–H groups in total. The third-order valence-corrected chi connectivity index (χ3v) is 5.04. The quantitative estimate of drug-likeness (QED) is 0.890. The third kappa shape index (κ3) is 3.54. The Morgan fingerprint density at radius 3 is 2.41 bits per heavy atom. The molecular weight excluding hydrogens is 276 g/mol. The van der Waals surface area contributed by atoms with Crippen LogP contribution in [0.5, 0.6) is 0 Å². The Labute approximate surface area is 132 Å². The first-order chi connectivity index (χ1) is 10.7. The van der Waals surface area contributed by atoms with Gasteiger partial charge in [-0.3, -0.25) is 4.79 Å². The summed E-state index contributed by atoms with van der Waals surface area (Å²) < 4.78 is 0. The van der Waals surface area contributed by atoms with E-state index in [-0.39, 0.29) is 5.92 Å². The van der Waals surface area contributed by atoms with Crippen molar-refractivity contribution < 1.29 is 9.90 Å². The second-order valence-electron chi connectivity index (χ2n) is 6.60. The van der Waals surface area contributed by atoms with Crippen LogP contribution in [0, 0.1) is 5.92 Å². The molecule has 1 aliphatic carbocycles. The van der Waals surface area contributed by atoms with Crippen LogP contribution >= 0.6 is 0 Å². The minimum absolute atomic E-state index is 0.143. The summed E-state index contributed by atoms with van der Waals surface area (Å²) in [5.74, 6) is -0.775. The Kier molecular flexibility index (Phi) is 4.86. The lowest BCUT2D eigenvalue weighted by Gasteiger charge is -2.33. The zero-order chi connectivity index (χ0) is 15.4. The van der Waals surface area contributed by atoms with E-state index in [0.29, 0.717) is 6.04 Å². The minimum atomic E-state index is -0.632. The van der Waals surface area contributed by atoms with E-state index in [9.17, 15) is 4.79 Å². The number of carboxylic acid groups (broad SMARTS) is 1. The molecule has 120 valence electrons. The average molecular weight is 302 g/mol. The van der Waals surface area contributed by atoms with Gasteiger partial charge in [-0.1, -0.05) is 12.1 Å². The summed E-state index contributed by atoms with van der Waals surface area (Å²) in [6.07, 6.45) is 7.37. The molecule has 0 aromatic heterocycles. The Bertz CT molecular complexity index is 504.